The van der Waals surface area contributed by atoms with E-state index < -0.39 is 5.91 Å². The van der Waals surface area contributed by atoms with E-state index in [0.717, 1.165) is 16.9 Å². The van der Waals surface area contributed by atoms with Gasteiger partial charge in [-0.05, 0) is 41.5 Å². The molecule has 2 aromatic rings. The van der Waals surface area contributed by atoms with Crippen LogP contribution in [-0.2, 0) is 0 Å². The Labute approximate surface area is 111 Å². The highest BCUT2D eigenvalue weighted by Gasteiger charge is 2.12. The van der Waals surface area contributed by atoms with E-state index in [1.807, 2.05) is 30.3 Å². The fourth-order valence-corrected chi connectivity index (χ4v) is 1.90. The van der Waals surface area contributed by atoms with Gasteiger partial charge in [0.05, 0.1) is 19.8 Å². The van der Waals surface area contributed by atoms with Crippen molar-refractivity contribution in [1.82, 2.24) is 0 Å². The van der Waals surface area contributed by atoms with Crippen LogP contribution in [0.25, 0.3) is 11.1 Å². The van der Waals surface area contributed by atoms with Crippen molar-refractivity contribution in [3.8, 4) is 22.6 Å². The Morgan fingerprint density at radius 3 is 2.32 bits per heavy atom. The number of hydrogen-bond donors (Lipinski definition) is 1. The van der Waals surface area contributed by atoms with Crippen LogP contribution in [0.2, 0.25) is 0 Å². The molecule has 4 heteroatoms. The van der Waals surface area contributed by atoms with Gasteiger partial charge in [0.1, 0.15) is 11.5 Å². The standard InChI is InChI=1S/C15H15NO3/c1-18-11-5-3-4-10(8-11)13-7-6-12(19-2)9-14(13)15(16)17/h3-9H,1-2H3,(H2,16,17). The van der Waals surface area contributed by atoms with Gasteiger partial charge in [-0.25, -0.2) is 0 Å². The first-order valence-corrected chi connectivity index (χ1v) is 5.78. The van der Waals surface area contributed by atoms with Crippen LogP contribution in [0.1, 0.15) is 10.4 Å². The van der Waals surface area contributed by atoms with Crippen LogP contribution in [-0.4, -0.2) is 20.1 Å². The van der Waals surface area contributed by atoms with Crippen molar-refractivity contribution in [2.24, 2.45) is 5.73 Å². The smallest absolute Gasteiger partial charge is 0.249 e. The molecule has 2 aromatic carbocycles. The van der Waals surface area contributed by atoms with Gasteiger partial charge in [-0.3, -0.25) is 4.79 Å². The molecule has 0 heterocycles. The summed E-state index contributed by atoms with van der Waals surface area (Å²) in [5, 5.41) is 0. The van der Waals surface area contributed by atoms with E-state index in [-0.39, 0.29) is 0 Å². The maximum Gasteiger partial charge on any atom is 0.249 e. The van der Waals surface area contributed by atoms with Crippen molar-refractivity contribution in [1.29, 1.82) is 0 Å². The summed E-state index contributed by atoms with van der Waals surface area (Å²) in [5.41, 5.74) is 7.47. The maximum atomic E-state index is 11.6. The molecule has 4 nitrogen and oxygen atoms in total. The third kappa shape index (κ3) is 2.68. The molecule has 2 rings (SSSR count). The number of rotatable bonds is 4. The number of carbonyl (C=O) groups is 1. The van der Waals surface area contributed by atoms with Crippen LogP contribution in [0, 0.1) is 0 Å². The average Bonchev–Trinajstić information content (AvgIpc) is 2.46. The first-order chi connectivity index (χ1) is 9.15. The number of benzene rings is 2. The average molecular weight is 257 g/mol. The fourth-order valence-electron chi connectivity index (χ4n) is 1.90. The molecule has 1 amide bonds. The highest BCUT2D eigenvalue weighted by atomic mass is 16.5. The predicted molar refractivity (Wildman–Crippen MR) is 73.5 cm³/mol. The minimum absolute atomic E-state index is 0.424. The van der Waals surface area contributed by atoms with Gasteiger partial charge in [-0.1, -0.05) is 12.1 Å². The lowest BCUT2D eigenvalue weighted by atomic mass is 9.99. The maximum absolute atomic E-state index is 11.6. The summed E-state index contributed by atoms with van der Waals surface area (Å²) in [6, 6.07) is 12.7. The quantitative estimate of drug-likeness (QED) is 0.915. The van der Waals surface area contributed by atoms with E-state index in [4.69, 9.17) is 15.2 Å². The van der Waals surface area contributed by atoms with Gasteiger partial charge in [0, 0.05) is 0 Å². The molecule has 0 bridgehead atoms. The molecular weight excluding hydrogens is 242 g/mol. The van der Waals surface area contributed by atoms with Crippen molar-refractivity contribution in [2.75, 3.05) is 14.2 Å². The zero-order valence-electron chi connectivity index (χ0n) is 10.8. The Morgan fingerprint density at radius 2 is 1.68 bits per heavy atom. The molecule has 0 radical (unpaired) electrons. The Hall–Kier alpha value is -2.49. The van der Waals surface area contributed by atoms with Crippen LogP contribution in [0.15, 0.2) is 42.5 Å². The van der Waals surface area contributed by atoms with Gasteiger partial charge in [0.25, 0.3) is 0 Å². The summed E-state index contributed by atoms with van der Waals surface area (Å²) in [7, 11) is 3.15. The summed E-state index contributed by atoms with van der Waals surface area (Å²) in [5.74, 6) is 0.834. The van der Waals surface area contributed by atoms with Crippen LogP contribution < -0.4 is 15.2 Å². The lowest BCUT2D eigenvalue weighted by Crippen LogP contribution is -2.12. The largest absolute Gasteiger partial charge is 0.497 e. The van der Waals surface area contributed by atoms with Crippen molar-refractivity contribution in [3.05, 3.63) is 48.0 Å². The molecule has 98 valence electrons. The lowest BCUT2D eigenvalue weighted by Gasteiger charge is -2.10. The number of carbonyl (C=O) groups excluding carboxylic acids is 1. The highest BCUT2D eigenvalue weighted by Crippen LogP contribution is 2.29. The van der Waals surface area contributed by atoms with Crippen molar-refractivity contribution in [2.45, 2.75) is 0 Å². The summed E-state index contributed by atoms with van der Waals surface area (Å²) in [6.45, 7) is 0. The predicted octanol–water partition coefficient (Wildman–Crippen LogP) is 2.47. The number of nitrogens with two attached hydrogens (primary N) is 1. The van der Waals surface area contributed by atoms with E-state index in [1.54, 1.807) is 26.4 Å². The lowest BCUT2D eigenvalue weighted by molar-refractivity contribution is 0.100. The second-order valence-electron chi connectivity index (χ2n) is 4.01. The molecular formula is C15H15NO3. The fraction of sp³-hybridized carbons (Fsp3) is 0.133. The van der Waals surface area contributed by atoms with Crippen molar-refractivity contribution in [3.63, 3.8) is 0 Å². The van der Waals surface area contributed by atoms with E-state index in [2.05, 4.69) is 0 Å². The van der Waals surface area contributed by atoms with Crippen LogP contribution in [0.4, 0.5) is 0 Å². The number of primary amides is 1. The first-order valence-electron chi connectivity index (χ1n) is 5.78. The Kier molecular flexibility index (Phi) is 3.71. The van der Waals surface area contributed by atoms with Crippen molar-refractivity contribution < 1.29 is 14.3 Å². The van der Waals surface area contributed by atoms with Crippen LogP contribution in [0.5, 0.6) is 11.5 Å². The molecule has 0 atom stereocenters. The Balaban J connectivity index is 2.57. The molecule has 0 aliphatic carbocycles. The molecule has 0 aliphatic heterocycles. The van der Waals surface area contributed by atoms with Crippen molar-refractivity contribution >= 4 is 5.91 Å². The van der Waals surface area contributed by atoms with E-state index in [9.17, 15) is 4.79 Å². The Morgan fingerprint density at radius 1 is 1.00 bits per heavy atom. The van der Waals surface area contributed by atoms with Gasteiger partial charge in [0.15, 0.2) is 0 Å². The highest BCUT2D eigenvalue weighted by molar-refractivity contribution is 6.00. The number of methoxy groups -OCH3 is 2. The number of hydrogen-bond acceptors (Lipinski definition) is 3. The minimum atomic E-state index is -0.489. The van der Waals surface area contributed by atoms with Gasteiger partial charge < -0.3 is 15.2 Å². The van der Waals surface area contributed by atoms with Gasteiger partial charge in [-0.2, -0.15) is 0 Å². The molecule has 19 heavy (non-hydrogen) atoms. The zero-order chi connectivity index (χ0) is 13.8. The van der Waals surface area contributed by atoms with E-state index in [0.29, 0.717) is 11.3 Å². The monoisotopic (exact) mass is 257 g/mol. The molecule has 0 saturated carbocycles. The second-order valence-corrected chi connectivity index (χ2v) is 4.01. The summed E-state index contributed by atoms with van der Waals surface area (Å²) in [6.07, 6.45) is 0. The normalized spacial score (nSPS) is 10.0. The first kappa shape index (κ1) is 13.0. The SMILES string of the molecule is COc1cccc(-c2ccc(OC)cc2C(N)=O)c1. The number of amides is 1. The molecule has 0 fully saturated rings. The molecule has 0 aromatic heterocycles. The molecule has 0 unspecified atom stereocenters. The van der Waals surface area contributed by atoms with Gasteiger partial charge in [-0.15, -0.1) is 0 Å². The topological polar surface area (TPSA) is 61.6 Å². The van der Waals surface area contributed by atoms with Crippen LogP contribution >= 0.6 is 0 Å². The molecule has 2 N–H and O–H groups in total. The third-order valence-corrected chi connectivity index (χ3v) is 2.87. The van der Waals surface area contributed by atoms with Crippen LogP contribution in [0.3, 0.4) is 0 Å². The zero-order valence-corrected chi connectivity index (χ0v) is 10.8. The Bertz CT molecular complexity index is 608. The summed E-state index contributed by atoms with van der Waals surface area (Å²) in [4.78, 5) is 11.6. The molecule has 0 saturated heterocycles. The second kappa shape index (κ2) is 5.44. The number of ether oxygens (including phenoxy) is 2. The summed E-state index contributed by atoms with van der Waals surface area (Å²) < 4.78 is 10.3. The summed E-state index contributed by atoms with van der Waals surface area (Å²) >= 11 is 0. The van der Waals surface area contributed by atoms with E-state index in [1.165, 1.54) is 0 Å². The molecule has 0 spiro atoms. The minimum Gasteiger partial charge on any atom is -0.497 e. The molecule has 0 aliphatic rings. The van der Waals surface area contributed by atoms with Gasteiger partial charge >= 0.3 is 0 Å². The van der Waals surface area contributed by atoms with Gasteiger partial charge in [0.2, 0.25) is 5.91 Å². The van der Waals surface area contributed by atoms with E-state index >= 15 is 0 Å². The third-order valence-electron chi connectivity index (χ3n) is 2.87.